The number of nitrogens with one attached hydrogen (secondary N) is 1. The molecular formula is C16H23NO4. The lowest BCUT2D eigenvalue weighted by Crippen LogP contribution is -2.27. The molecule has 0 spiro atoms. The number of furan rings is 1. The Morgan fingerprint density at radius 2 is 2.05 bits per heavy atom. The summed E-state index contributed by atoms with van der Waals surface area (Å²) >= 11 is 0. The van der Waals surface area contributed by atoms with E-state index in [1.807, 2.05) is 26.8 Å². The van der Waals surface area contributed by atoms with Gasteiger partial charge in [-0.15, -0.1) is 0 Å². The van der Waals surface area contributed by atoms with Gasteiger partial charge in [-0.1, -0.05) is 13.8 Å². The van der Waals surface area contributed by atoms with Crippen LogP contribution in [0.3, 0.4) is 0 Å². The smallest absolute Gasteiger partial charge is 0.303 e. The SMILES string of the molecule is Cc1ccc(C=CC(=O)NCCC(C)(C)CCC(=O)O)o1. The molecule has 1 amide bonds. The van der Waals surface area contributed by atoms with Crippen molar-refractivity contribution in [2.24, 2.45) is 5.41 Å². The first kappa shape index (κ1) is 17.0. The van der Waals surface area contributed by atoms with E-state index in [1.165, 1.54) is 6.08 Å². The van der Waals surface area contributed by atoms with E-state index in [0.29, 0.717) is 18.7 Å². The predicted octanol–water partition coefficient (Wildman–Crippen LogP) is 3.00. The van der Waals surface area contributed by atoms with E-state index in [2.05, 4.69) is 5.32 Å². The van der Waals surface area contributed by atoms with Gasteiger partial charge in [-0.05, 0) is 43.4 Å². The van der Waals surface area contributed by atoms with E-state index in [1.54, 1.807) is 12.1 Å². The van der Waals surface area contributed by atoms with Crippen molar-refractivity contribution in [3.05, 3.63) is 29.7 Å². The van der Waals surface area contributed by atoms with E-state index < -0.39 is 5.97 Å². The number of carbonyl (C=O) groups excluding carboxylic acids is 1. The fraction of sp³-hybridized carbons (Fsp3) is 0.500. The van der Waals surface area contributed by atoms with Crippen molar-refractivity contribution in [1.29, 1.82) is 0 Å². The molecule has 5 nitrogen and oxygen atoms in total. The zero-order valence-corrected chi connectivity index (χ0v) is 12.8. The molecule has 1 rings (SSSR count). The van der Waals surface area contributed by atoms with Gasteiger partial charge in [0.05, 0.1) is 0 Å². The van der Waals surface area contributed by atoms with E-state index in [-0.39, 0.29) is 17.7 Å². The number of carboxylic acid groups (broad SMARTS) is 1. The van der Waals surface area contributed by atoms with Gasteiger partial charge in [0.15, 0.2) is 0 Å². The summed E-state index contributed by atoms with van der Waals surface area (Å²) in [5, 5.41) is 11.5. The van der Waals surface area contributed by atoms with Crippen LogP contribution < -0.4 is 5.32 Å². The van der Waals surface area contributed by atoms with Gasteiger partial charge in [-0.2, -0.15) is 0 Å². The van der Waals surface area contributed by atoms with E-state index in [4.69, 9.17) is 9.52 Å². The molecule has 1 heterocycles. The highest BCUT2D eigenvalue weighted by Gasteiger charge is 2.18. The highest BCUT2D eigenvalue weighted by atomic mass is 16.4. The predicted molar refractivity (Wildman–Crippen MR) is 80.8 cm³/mol. The zero-order valence-electron chi connectivity index (χ0n) is 12.8. The summed E-state index contributed by atoms with van der Waals surface area (Å²) in [4.78, 5) is 22.2. The van der Waals surface area contributed by atoms with Gasteiger partial charge in [0.1, 0.15) is 11.5 Å². The molecule has 2 N–H and O–H groups in total. The number of aryl methyl sites for hydroxylation is 1. The molecule has 1 aromatic rings. The van der Waals surface area contributed by atoms with Gasteiger partial charge >= 0.3 is 5.97 Å². The largest absolute Gasteiger partial charge is 0.481 e. The second-order valence-corrected chi connectivity index (χ2v) is 5.88. The molecule has 0 aromatic carbocycles. The quantitative estimate of drug-likeness (QED) is 0.722. The van der Waals surface area contributed by atoms with Crippen molar-refractivity contribution >= 4 is 18.0 Å². The zero-order chi connectivity index (χ0) is 15.9. The van der Waals surface area contributed by atoms with Crippen LogP contribution in [0.15, 0.2) is 22.6 Å². The molecule has 0 saturated heterocycles. The van der Waals surface area contributed by atoms with Gasteiger partial charge in [-0.25, -0.2) is 0 Å². The Balaban J connectivity index is 2.29. The Hall–Kier alpha value is -2.04. The molecule has 1 aromatic heterocycles. The molecule has 0 unspecified atom stereocenters. The van der Waals surface area contributed by atoms with Gasteiger partial charge in [0, 0.05) is 19.0 Å². The van der Waals surface area contributed by atoms with E-state index in [9.17, 15) is 9.59 Å². The molecule has 0 aliphatic rings. The average molecular weight is 293 g/mol. The van der Waals surface area contributed by atoms with Crippen LogP contribution in [0.2, 0.25) is 0 Å². The van der Waals surface area contributed by atoms with Crippen molar-refractivity contribution in [3.63, 3.8) is 0 Å². The fourth-order valence-corrected chi connectivity index (χ4v) is 1.85. The Kier molecular flexibility index (Phi) is 6.21. The summed E-state index contributed by atoms with van der Waals surface area (Å²) in [7, 11) is 0. The number of rotatable bonds is 8. The first-order chi connectivity index (χ1) is 9.78. The third-order valence-electron chi connectivity index (χ3n) is 3.28. The van der Waals surface area contributed by atoms with Crippen molar-refractivity contribution in [2.75, 3.05) is 6.54 Å². The maximum Gasteiger partial charge on any atom is 0.303 e. The molecule has 0 saturated carbocycles. The van der Waals surface area contributed by atoms with Crippen LogP contribution in [0.25, 0.3) is 6.08 Å². The summed E-state index contributed by atoms with van der Waals surface area (Å²) in [5.41, 5.74) is -0.104. The number of amides is 1. The highest BCUT2D eigenvalue weighted by Crippen LogP contribution is 2.25. The number of carbonyl (C=O) groups is 2. The molecule has 116 valence electrons. The van der Waals surface area contributed by atoms with E-state index >= 15 is 0 Å². The van der Waals surface area contributed by atoms with Gasteiger partial charge in [0.2, 0.25) is 5.91 Å². The standard InChI is InChI=1S/C16H23NO4/c1-12-4-5-13(21-12)6-7-14(18)17-11-10-16(2,3)9-8-15(19)20/h4-7H,8-11H2,1-3H3,(H,17,18)(H,19,20). The third-order valence-corrected chi connectivity index (χ3v) is 3.28. The van der Waals surface area contributed by atoms with Crippen molar-refractivity contribution in [2.45, 2.75) is 40.0 Å². The van der Waals surface area contributed by atoms with E-state index in [0.717, 1.165) is 12.2 Å². The number of aliphatic carboxylic acids is 1. The lowest BCUT2D eigenvalue weighted by molar-refractivity contribution is -0.137. The number of hydrogen-bond acceptors (Lipinski definition) is 3. The van der Waals surface area contributed by atoms with Crippen LogP contribution in [0.1, 0.15) is 44.6 Å². The second-order valence-electron chi connectivity index (χ2n) is 5.88. The lowest BCUT2D eigenvalue weighted by Gasteiger charge is -2.23. The molecular weight excluding hydrogens is 270 g/mol. The van der Waals surface area contributed by atoms with Crippen molar-refractivity contribution in [3.8, 4) is 0 Å². The molecule has 0 aliphatic heterocycles. The minimum Gasteiger partial charge on any atom is -0.481 e. The maximum absolute atomic E-state index is 11.6. The number of carboxylic acids is 1. The molecule has 0 fully saturated rings. The minimum absolute atomic E-state index is 0.104. The summed E-state index contributed by atoms with van der Waals surface area (Å²) in [6, 6.07) is 3.64. The molecule has 0 bridgehead atoms. The fourth-order valence-electron chi connectivity index (χ4n) is 1.85. The lowest BCUT2D eigenvalue weighted by atomic mass is 9.84. The molecule has 5 heteroatoms. The van der Waals surface area contributed by atoms with Gasteiger partial charge in [0.25, 0.3) is 0 Å². The van der Waals surface area contributed by atoms with Crippen LogP contribution in [0.5, 0.6) is 0 Å². The molecule has 0 radical (unpaired) electrons. The first-order valence-corrected chi connectivity index (χ1v) is 7.03. The van der Waals surface area contributed by atoms with Crippen LogP contribution >= 0.6 is 0 Å². The highest BCUT2D eigenvalue weighted by molar-refractivity contribution is 5.91. The topological polar surface area (TPSA) is 79.5 Å². The summed E-state index contributed by atoms with van der Waals surface area (Å²) in [6.07, 6.45) is 4.54. The third kappa shape index (κ3) is 7.34. The van der Waals surface area contributed by atoms with Crippen molar-refractivity contribution < 1.29 is 19.1 Å². The monoisotopic (exact) mass is 293 g/mol. The number of hydrogen-bond donors (Lipinski definition) is 2. The van der Waals surface area contributed by atoms with Crippen molar-refractivity contribution in [1.82, 2.24) is 5.32 Å². The first-order valence-electron chi connectivity index (χ1n) is 7.03. The molecule has 0 aliphatic carbocycles. The average Bonchev–Trinajstić information content (AvgIpc) is 2.80. The van der Waals surface area contributed by atoms with Crippen LogP contribution in [0, 0.1) is 12.3 Å². The Bertz CT molecular complexity index is 514. The van der Waals surface area contributed by atoms with Crippen LogP contribution in [-0.2, 0) is 9.59 Å². The Labute approximate surface area is 125 Å². The molecule has 21 heavy (non-hydrogen) atoms. The Morgan fingerprint density at radius 1 is 1.33 bits per heavy atom. The summed E-state index contributed by atoms with van der Waals surface area (Å²) < 4.78 is 5.32. The molecule has 0 atom stereocenters. The van der Waals surface area contributed by atoms with Crippen LogP contribution in [0.4, 0.5) is 0 Å². The summed E-state index contributed by atoms with van der Waals surface area (Å²) in [6.45, 7) is 6.37. The summed E-state index contributed by atoms with van der Waals surface area (Å²) in [5.74, 6) is 0.474. The maximum atomic E-state index is 11.6. The minimum atomic E-state index is -0.788. The van der Waals surface area contributed by atoms with Gasteiger partial charge in [-0.3, -0.25) is 9.59 Å². The van der Waals surface area contributed by atoms with Gasteiger partial charge < -0.3 is 14.8 Å². The van der Waals surface area contributed by atoms with Crippen LogP contribution in [-0.4, -0.2) is 23.5 Å². The second kappa shape index (κ2) is 7.67. The normalized spacial score (nSPS) is 11.8. The Morgan fingerprint density at radius 3 is 2.62 bits per heavy atom.